The lowest BCUT2D eigenvalue weighted by Crippen LogP contribution is -2.46. The molecule has 2 amide bonds. The van der Waals surface area contributed by atoms with Gasteiger partial charge in [0.15, 0.2) is 0 Å². The van der Waals surface area contributed by atoms with Gasteiger partial charge in [0.2, 0.25) is 11.8 Å². The molecule has 1 saturated carbocycles. The highest BCUT2D eigenvalue weighted by molar-refractivity contribution is 6.18. The summed E-state index contributed by atoms with van der Waals surface area (Å²) in [5.41, 5.74) is 0.826. The van der Waals surface area contributed by atoms with E-state index >= 15 is 0 Å². The van der Waals surface area contributed by atoms with Crippen LogP contribution < -0.4 is 4.90 Å². The molecule has 0 N–H and O–H groups in total. The molecule has 2 bridgehead atoms. The maximum Gasteiger partial charge on any atom is 0.236 e. The Kier molecular flexibility index (Phi) is 2.76. The third kappa shape index (κ3) is 1.68. The monoisotopic (exact) mass is 265 g/mol. The van der Waals surface area contributed by atoms with Crippen LogP contribution in [-0.2, 0) is 9.59 Å². The van der Waals surface area contributed by atoms with Crippen molar-refractivity contribution < 1.29 is 9.59 Å². The fraction of sp³-hybridized carbons (Fsp3) is 0.333. The van der Waals surface area contributed by atoms with Gasteiger partial charge in [-0.15, -0.1) is 0 Å². The number of imide groups is 1. The van der Waals surface area contributed by atoms with E-state index in [1.165, 1.54) is 17.0 Å². The van der Waals surface area contributed by atoms with E-state index < -0.39 is 0 Å². The molecule has 2 unspecified atom stereocenters. The number of hydrogen-bond acceptors (Lipinski definition) is 4. The Morgan fingerprint density at radius 2 is 1.60 bits per heavy atom. The zero-order valence-electron chi connectivity index (χ0n) is 10.7. The van der Waals surface area contributed by atoms with Crippen LogP contribution in [0.2, 0.25) is 0 Å². The predicted molar refractivity (Wildman–Crippen MR) is 69.2 cm³/mol. The third-order valence-electron chi connectivity index (χ3n) is 4.07. The Hall–Kier alpha value is -2.66. The van der Waals surface area contributed by atoms with Crippen molar-refractivity contribution in [1.82, 2.24) is 0 Å². The summed E-state index contributed by atoms with van der Waals surface area (Å²) in [7, 11) is 0. The van der Waals surface area contributed by atoms with Gasteiger partial charge >= 0.3 is 0 Å². The molecular weight excluding hydrogens is 254 g/mol. The molecule has 1 aromatic carbocycles. The molecule has 1 aromatic rings. The summed E-state index contributed by atoms with van der Waals surface area (Å²) in [6, 6.07) is 8.32. The SMILES string of the molecule is N#Cc1ccc(N2C(=O)C3CCC(C3)C2=O)cc1C#N. The number of nitriles is 2. The first kappa shape index (κ1) is 12.4. The Bertz CT molecular complexity index is 674. The first-order valence-corrected chi connectivity index (χ1v) is 6.47. The fourth-order valence-electron chi connectivity index (χ4n) is 3.02. The van der Waals surface area contributed by atoms with E-state index in [9.17, 15) is 9.59 Å². The van der Waals surface area contributed by atoms with Crippen LogP contribution in [0.5, 0.6) is 0 Å². The highest BCUT2D eigenvalue weighted by Crippen LogP contribution is 2.40. The Morgan fingerprint density at radius 3 is 2.15 bits per heavy atom. The van der Waals surface area contributed by atoms with Gasteiger partial charge in [0.25, 0.3) is 0 Å². The second-order valence-electron chi connectivity index (χ2n) is 5.17. The van der Waals surface area contributed by atoms with Gasteiger partial charge in [-0.1, -0.05) is 0 Å². The number of carbonyl (C=O) groups excluding carboxylic acids is 2. The summed E-state index contributed by atoms with van der Waals surface area (Å²) in [6.45, 7) is 0. The lowest BCUT2D eigenvalue weighted by Gasteiger charge is -2.29. The summed E-state index contributed by atoms with van der Waals surface area (Å²) in [5, 5.41) is 17.9. The molecule has 20 heavy (non-hydrogen) atoms. The third-order valence-corrected chi connectivity index (χ3v) is 4.07. The summed E-state index contributed by atoms with van der Waals surface area (Å²) in [4.78, 5) is 25.8. The van der Waals surface area contributed by atoms with Crippen LogP contribution in [0.3, 0.4) is 0 Å². The molecule has 0 radical (unpaired) electrons. The van der Waals surface area contributed by atoms with Gasteiger partial charge in [-0.3, -0.25) is 14.5 Å². The van der Waals surface area contributed by atoms with Crippen LogP contribution in [0.15, 0.2) is 18.2 Å². The average Bonchev–Trinajstić information content (AvgIpc) is 2.92. The summed E-state index contributed by atoms with van der Waals surface area (Å²) < 4.78 is 0. The van der Waals surface area contributed by atoms with Gasteiger partial charge in [0.05, 0.1) is 16.8 Å². The highest BCUT2D eigenvalue weighted by atomic mass is 16.2. The second-order valence-corrected chi connectivity index (χ2v) is 5.17. The van der Waals surface area contributed by atoms with Crippen LogP contribution in [-0.4, -0.2) is 11.8 Å². The molecule has 5 heteroatoms. The number of piperidine rings is 1. The first-order chi connectivity index (χ1) is 9.65. The van der Waals surface area contributed by atoms with E-state index in [1.54, 1.807) is 6.07 Å². The maximum atomic E-state index is 12.3. The molecule has 2 aliphatic rings. The zero-order valence-corrected chi connectivity index (χ0v) is 10.7. The van der Waals surface area contributed by atoms with Crippen molar-refractivity contribution in [2.24, 2.45) is 11.8 Å². The number of nitrogens with zero attached hydrogens (tertiary/aromatic N) is 3. The van der Waals surface area contributed by atoms with E-state index in [2.05, 4.69) is 0 Å². The van der Waals surface area contributed by atoms with Crippen molar-refractivity contribution in [3.63, 3.8) is 0 Å². The molecule has 1 aliphatic carbocycles. The van der Waals surface area contributed by atoms with Gasteiger partial charge in [-0.25, -0.2) is 0 Å². The predicted octanol–water partition coefficient (Wildman–Crippen LogP) is 1.72. The molecule has 1 aliphatic heterocycles. The number of amides is 2. The van der Waals surface area contributed by atoms with Crippen LogP contribution in [0.4, 0.5) is 5.69 Å². The van der Waals surface area contributed by atoms with Gasteiger partial charge < -0.3 is 0 Å². The number of hydrogen-bond donors (Lipinski definition) is 0. The van der Waals surface area contributed by atoms with Gasteiger partial charge in [0, 0.05) is 11.8 Å². The van der Waals surface area contributed by atoms with Crippen molar-refractivity contribution in [2.75, 3.05) is 4.90 Å². The first-order valence-electron chi connectivity index (χ1n) is 6.47. The van der Waals surface area contributed by atoms with E-state index in [0.717, 1.165) is 12.8 Å². The normalized spacial score (nSPS) is 24.4. The van der Waals surface area contributed by atoms with E-state index in [4.69, 9.17) is 10.5 Å². The van der Waals surface area contributed by atoms with Crippen LogP contribution in [0.1, 0.15) is 30.4 Å². The summed E-state index contributed by atoms with van der Waals surface area (Å²) in [5.74, 6) is -0.535. The summed E-state index contributed by atoms with van der Waals surface area (Å²) >= 11 is 0. The molecular formula is C15H11N3O2. The number of rotatable bonds is 1. The smallest absolute Gasteiger partial charge is 0.236 e. The van der Waals surface area contributed by atoms with Crippen LogP contribution in [0, 0.1) is 34.5 Å². The zero-order chi connectivity index (χ0) is 14.3. The molecule has 0 aromatic heterocycles. The number of benzene rings is 1. The standard InChI is InChI=1S/C15H11N3O2/c16-7-11-3-4-13(6-12(11)8-17)18-14(19)9-1-2-10(5-9)15(18)20/h3-4,6,9-10H,1-2,5H2. The number of carbonyl (C=O) groups is 2. The number of anilines is 1. The van der Waals surface area contributed by atoms with Crippen molar-refractivity contribution in [1.29, 1.82) is 10.5 Å². The van der Waals surface area contributed by atoms with E-state index in [-0.39, 0.29) is 34.8 Å². The molecule has 3 rings (SSSR count). The van der Waals surface area contributed by atoms with E-state index in [0.29, 0.717) is 12.1 Å². The molecule has 0 spiro atoms. The second kappa shape index (κ2) is 4.47. The topological polar surface area (TPSA) is 85.0 Å². The minimum Gasteiger partial charge on any atom is -0.274 e. The van der Waals surface area contributed by atoms with Crippen molar-refractivity contribution in [2.45, 2.75) is 19.3 Å². The van der Waals surface area contributed by atoms with Crippen LogP contribution >= 0.6 is 0 Å². The molecule has 2 fully saturated rings. The molecule has 2 atom stereocenters. The fourth-order valence-corrected chi connectivity index (χ4v) is 3.02. The Labute approximate surface area is 116 Å². The molecule has 1 heterocycles. The Morgan fingerprint density at radius 1 is 1.00 bits per heavy atom. The van der Waals surface area contributed by atoms with E-state index in [1.807, 2.05) is 12.1 Å². The maximum absolute atomic E-state index is 12.3. The molecule has 5 nitrogen and oxygen atoms in total. The lowest BCUT2D eigenvalue weighted by atomic mass is 9.96. The molecule has 1 saturated heterocycles. The number of fused-ring (bicyclic) bond motifs is 2. The minimum absolute atomic E-state index is 0.0844. The Balaban J connectivity index is 2.05. The van der Waals surface area contributed by atoms with Crippen LogP contribution in [0.25, 0.3) is 0 Å². The van der Waals surface area contributed by atoms with Gasteiger partial charge in [-0.2, -0.15) is 10.5 Å². The quantitative estimate of drug-likeness (QED) is 0.723. The average molecular weight is 265 g/mol. The lowest BCUT2D eigenvalue weighted by molar-refractivity contribution is -0.132. The largest absolute Gasteiger partial charge is 0.274 e. The van der Waals surface area contributed by atoms with Gasteiger partial charge in [-0.05, 0) is 37.5 Å². The van der Waals surface area contributed by atoms with Crippen molar-refractivity contribution in [3.05, 3.63) is 29.3 Å². The minimum atomic E-state index is -0.183. The summed E-state index contributed by atoms with van der Waals surface area (Å²) in [6.07, 6.45) is 2.16. The van der Waals surface area contributed by atoms with Crippen molar-refractivity contribution >= 4 is 17.5 Å². The highest BCUT2D eigenvalue weighted by Gasteiger charge is 2.45. The van der Waals surface area contributed by atoms with Gasteiger partial charge in [0.1, 0.15) is 12.1 Å². The molecule has 98 valence electrons. The van der Waals surface area contributed by atoms with Crippen molar-refractivity contribution in [3.8, 4) is 12.1 Å².